The van der Waals surface area contributed by atoms with Gasteiger partial charge in [-0.1, -0.05) is 36.4 Å². The van der Waals surface area contributed by atoms with E-state index in [1.165, 1.54) is 18.2 Å². The molecule has 8 heteroatoms. The first-order valence-corrected chi connectivity index (χ1v) is 9.66. The van der Waals surface area contributed by atoms with Crippen molar-refractivity contribution >= 4 is 16.0 Å². The molecule has 1 aromatic heterocycles. The van der Waals surface area contributed by atoms with Gasteiger partial charge in [-0.25, -0.2) is 18.2 Å². The number of nitrogens with one attached hydrogen (secondary N) is 1. The molecule has 7 nitrogen and oxygen atoms in total. The highest BCUT2D eigenvalue weighted by Crippen LogP contribution is 2.24. The number of aromatic carboxylic acids is 1. The number of sulfonamides is 1. The summed E-state index contributed by atoms with van der Waals surface area (Å²) >= 11 is 0. The van der Waals surface area contributed by atoms with Crippen molar-refractivity contribution in [2.45, 2.75) is 17.9 Å². The van der Waals surface area contributed by atoms with Gasteiger partial charge in [-0.05, 0) is 30.2 Å². The van der Waals surface area contributed by atoms with E-state index < -0.39 is 22.0 Å². The summed E-state index contributed by atoms with van der Waals surface area (Å²) in [7, 11) is -2.21. The number of carbonyl (C=O) groups is 1. The average molecular weight is 385 g/mol. The van der Waals surface area contributed by atoms with Gasteiger partial charge < -0.3 is 9.67 Å². The van der Waals surface area contributed by atoms with E-state index in [0.29, 0.717) is 11.4 Å². The number of hydrogen-bond acceptors (Lipinski definition) is 4. The maximum atomic E-state index is 13.0. The lowest BCUT2D eigenvalue weighted by molar-refractivity contribution is 0.0696. The van der Waals surface area contributed by atoms with Gasteiger partial charge in [0.1, 0.15) is 11.9 Å². The topological polar surface area (TPSA) is 101 Å². The highest BCUT2D eigenvalue weighted by atomic mass is 32.2. The molecular formula is C19H19N3O4S. The van der Waals surface area contributed by atoms with Crippen LogP contribution in [-0.4, -0.2) is 29.0 Å². The molecule has 2 N–H and O–H groups in total. The molecule has 0 saturated heterocycles. The molecule has 2 aromatic carbocycles. The summed E-state index contributed by atoms with van der Waals surface area (Å²) in [6.07, 6.45) is 3.32. The Morgan fingerprint density at radius 2 is 1.89 bits per heavy atom. The summed E-state index contributed by atoms with van der Waals surface area (Å²) < 4.78 is 30.3. The minimum absolute atomic E-state index is 0.0499. The molecule has 0 radical (unpaired) electrons. The molecule has 0 bridgehead atoms. The van der Waals surface area contributed by atoms with Crippen molar-refractivity contribution in [3.05, 3.63) is 83.4 Å². The predicted molar refractivity (Wildman–Crippen MR) is 100.0 cm³/mol. The van der Waals surface area contributed by atoms with Crippen molar-refractivity contribution in [2.24, 2.45) is 7.05 Å². The SMILES string of the molecule is Cc1ccc(S(=O)(=O)N[C@H](c2ccccc2)c2nccn2C)cc1C(=O)O. The molecule has 0 fully saturated rings. The second-order valence-corrected chi connectivity index (χ2v) is 7.86. The molecule has 3 rings (SSSR count). The Kier molecular flexibility index (Phi) is 5.11. The molecule has 3 aromatic rings. The van der Waals surface area contributed by atoms with E-state index in [0.717, 1.165) is 5.56 Å². The van der Waals surface area contributed by atoms with Crippen molar-refractivity contribution in [1.29, 1.82) is 0 Å². The summed E-state index contributed by atoms with van der Waals surface area (Å²) in [5.41, 5.74) is 1.16. The number of benzene rings is 2. The summed E-state index contributed by atoms with van der Waals surface area (Å²) in [4.78, 5) is 15.5. The van der Waals surface area contributed by atoms with Gasteiger partial charge in [0.05, 0.1) is 10.5 Å². The van der Waals surface area contributed by atoms with Crippen LogP contribution in [0.5, 0.6) is 0 Å². The Morgan fingerprint density at radius 3 is 2.48 bits per heavy atom. The van der Waals surface area contributed by atoms with Crippen LogP contribution in [0.2, 0.25) is 0 Å². The number of aromatic nitrogens is 2. The first-order valence-electron chi connectivity index (χ1n) is 8.18. The average Bonchev–Trinajstić information content (AvgIpc) is 3.06. The largest absolute Gasteiger partial charge is 0.478 e. The monoisotopic (exact) mass is 385 g/mol. The summed E-state index contributed by atoms with van der Waals surface area (Å²) in [5.74, 6) is -0.649. The highest BCUT2D eigenvalue weighted by Gasteiger charge is 2.26. The van der Waals surface area contributed by atoms with Crippen LogP contribution in [0, 0.1) is 6.92 Å². The highest BCUT2D eigenvalue weighted by molar-refractivity contribution is 7.89. The van der Waals surface area contributed by atoms with Crippen LogP contribution < -0.4 is 4.72 Å². The Hall–Kier alpha value is -2.97. The molecule has 140 valence electrons. The van der Waals surface area contributed by atoms with E-state index in [2.05, 4.69) is 9.71 Å². The second-order valence-electron chi connectivity index (χ2n) is 6.14. The van der Waals surface area contributed by atoms with Crippen molar-refractivity contribution in [3.63, 3.8) is 0 Å². The quantitative estimate of drug-likeness (QED) is 0.679. The van der Waals surface area contributed by atoms with Gasteiger partial charge in [-0.15, -0.1) is 0 Å². The van der Waals surface area contributed by atoms with Gasteiger partial charge in [0.25, 0.3) is 0 Å². The Morgan fingerprint density at radius 1 is 1.19 bits per heavy atom. The number of rotatable bonds is 6. The molecule has 0 unspecified atom stereocenters. The second kappa shape index (κ2) is 7.34. The zero-order valence-electron chi connectivity index (χ0n) is 14.8. The minimum atomic E-state index is -3.99. The number of carboxylic acid groups (broad SMARTS) is 1. The number of aryl methyl sites for hydroxylation is 2. The van der Waals surface area contributed by atoms with E-state index >= 15 is 0 Å². The van der Waals surface area contributed by atoms with Crippen LogP contribution in [0.3, 0.4) is 0 Å². The molecular weight excluding hydrogens is 366 g/mol. The van der Waals surface area contributed by atoms with Crippen molar-refractivity contribution in [3.8, 4) is 0 Å². The number of hydrogen-bond donors (Lipinski definition) is 2. The number of imidazole rings is 1. The Balaban J connectivity index is 2.04. The summed E-state index contributed by atoms with van der Waals surface area (Å²) in [6, 6.07) is 12.4. The van der Waals surface area contributed by atoms with Gasteiger partial charge in [-0.3, -0.25) is 0 Å². The summed E-state index contributed by atoms with van der Waals surface area (Å²) in [5, 5.41) is 9.27. The van der Waals surface area contributed by atoms with Gasteiger partial charge in [0, 0.05) is 19.4 Å². The van der Waals surface area contributed by atoms with E-state index in [4.69, 9.17) is 0 Å². The maximum absolute atomic E-state index is 13.0. The number of nitrogens with zero attached hydrogens (tertiary/aromatic N) is 2. The molecule has 0 saturated carbocycles. The van der Waals surface area contributed by atoms with Crippen LogP contribution in [-0.2, 0) is 17.1 Å². The molecule has 0 aliphatic heterocycles. The third kappa shape index (κ3) is 3.91. The van der Waals surface area contributed by atoms with Crippen molar-refractivity contribution in [2.75, 3.05) is 0 Å². The van der Waals surface area contributed by atoms with Crippen LogP contribution in [0.1, 0.15) is 33.4 Å². The normalized spacial score (nSPS) is 12.7. The molecule has 0 spiro atoms. The fourth-order valence-corrected chi connectivity index (χ4v) is 4.00. The maximum Gasteiger partial charge on any atom is 0.335 e. The fraction of sp³-hybridized carbons (Fsp3) is 0.158. The molecule has 0 aliphatic rings. The fourth-order valence-electron chi connectivity index (χ4n) is 2.79. The zero-order valence-corrected chi connectivity index (χ0v) is 15.6. The molecule has 1 heterocycles. The minimum Gasteiger partial charge on any atom is -0.478 e. The first-order chi connectivity index (χ1) is 12.8. The smallest absolute Gasteiger partial charge is 0.335 e. The third-order valence-electron chi connectivity index (χ3n) is 4.27. The van der Waals surface area contributed by atoms with Gasteiger partial charge in [0.15, 0.2) is 0 Å². The lowest BCUT2D eigenvalue weighted by Crippen LogP contribution is -2.31. The lowest BCUT2D eigenvalue weighted by atomic mass is 10.1. The molecule has 0 aliphatic carbocycles. The van der Waals surface area contributed by atoms with Crippen molar-refractivity contribution in [1.82, 2.24) is 14.3 Å². The first kappa shape index (κ1) is 18.8. The lowest BCUT2D eigenvalue weighted by Gasteiger charge is -2.19. The van der Waals surface area contributed by atoms with Crippen LogP contribution in [0.4, 0.5) is 0 Å². The van der Waals surface area contributed by atoms with Crippen LogP contribution in [0.15, 0.2) is 65.8 Å². The molecule has 27 heavy (non-hydrogen) atoms. The van der Waals surface area contributed by atoms with Gasteiger partial charge >= 0.3 is 5.97 Å². The van der Waals surface area contributed by atoms with Crippen LogP contribution in [0.25, 0.3) is 0 Å². The third-order valence-corrected chi connectivity index (χ3v) is 5.69. The molecule has 1 atom stereocenters. The standard InChI is InChI=1S/C19H19N3O4S/c1-13-8-9-15(12-16(13)19(23)24)27(25,26)21-17(14-6-4-3-5-7-14)18-20-10-11-22(18)2/h3-12,17,21H,1-2H3,(H,23,24)/t17-/m1/s1. The molecule has 0 amide bonds. The van der Waals surface area contributed by atoms with E-state index in [1.54, 1.807) is 43.1 Å². The summed E-state index contributed by atoms with van der Waals surface area (Å²) in [6.45, 7) is 1.62. The van der Waals surface area contributed by atoms with Crippen LogP contribution >= 0.6 is 0 Å². The van der Waals surface area contributed by atoms with Gasteiger partial charge in [0.2, 0.25) is 10.0 Å². The van der Waals surface area contributed by atoms with E-state index in [1.807, 2.05) is 18.2 Å². The zero-order chi connectivity index (χ0) is 19.6. The van der Waals surface area contributed by atoms with Gasteiger partial charge in [-0.2, -0.15) is 4.72 Å². The predicted octanol–water partition coefficient (Wildman–Crippen LogP) is 2.49. The van der Waals surface area contributed by atoms with E-state index in [-0.39, 0.29) is 10.5 Å². The van der Waals surface area contributed by atoms with E-state index in [9.17, 15) is 18.3 Å². The Bertz CT molecular complexity index is 1080. The Labute approximate surface area is 157 Å². The van der Waals surface area contributed by atoms with Crippen molar-refractivity contribution < 1.29 is 18.3 Å². The number of carboxylic acids is 1.